The van der Waals surface area contributed by atoms with E-state index in [2.05, 4.69) is 52.4 Å². The maximum Gasteiger partial charge on any atom is 0.317 e. The van der Waals surface area contributed by atoms with Gasteiger partial charge in [0.25, 0.3) is 0 Å². The highest BCUT2D eigenvalue weighted by molar-refractivity contribution is 14.1. The number of hydrogen-bond donors (Lipinski definition) is 6. The third kappa shape index (κ3) is 21.0. The number of amides is 2. The Bertz CT molecular complexity index is 1290. The summed E-state index contributed by atoms with van der Waals surface area (Å²) in [5.74, 6) is -3.05. The first-order valence-corrected chi connectivity index (χ1v) is 19.9. The maximum absolute atomic E-state index is 13.2. The number of aliphatic carboxylic acids is 3. The minimum Gasteiger partial charge on any atom is -0.480 e. The smallest absolute Gasteiger partial charge is 0.317 e. The van der Waals surface area contributed by atoms with Crippen molar-refractivity contribution < 1.29 is 44.1 Å². The molecule has 0 aromatic heterocycles. The number of nitrogens with one attached hydrogen (secondary N) is 3. The molecule has 1 aliphatic heterocycles. The Morgan fingerprint density at radius 1 is 0.741 bits per heavy atom. The fourth-order valence-electron chi connectivity index (χ4n) is 6.18. The Morgan fingerprint density at radius 2 is 1.24 bits per heavy atom. The number of nitrogens with zero attached hydrogens (tertiary/aromatic N) is 4. The van der Waals surface area contributed by atoms with E-state index in [1.807, 2.05) is 29.2 Å². The Labute approximate surface area is 332 Å². The van der Waals surface area contributed by atoms with Crippen molar-refractivity contribution in [1.29, 1.82) is 0 Å². The average Bonchev–Trinajstić information content (AvgIpc) is 3.10. The van der Waals surface area contributed by atoms with Crippen molar-refractivity contribution >= 4 is 58.6 Å². The Morgan fingerprint density at radius 3 is 1.72 bits per heavy atom. The first-order valence-electron chi connectivity index (χ1n) is 18.8. The largest absolute Gasteiger partial charge is 0.480 e. The zero-order valence-corrected chi connectivity index (χ0v) is 33.9. The van der Waals surface area contributed by atoms with Crippen LogP contribution in [0.5, 0.6) is 0 Å². The van der Waals surface area contributed by atoms with Gasteiger partial charge in [0, 0.05) is 68.9 Å². The molecule has 0 saturated carbocycles. The zero-order valence-electron chi connectivity index (χ0n) is 31.7. The summed E-state index contributed by atoms with van der Waals surface area (Å²) in [6.07, 6.45) is 4.22. The van der Waals surface area contributed by atoms with Gasteiger partial charge in [-0.1, -0.05) is 26.0 Å². The number of aldehydes is 1. The monoisotopic (exact) mass is 873 g/mol. The van der Waals surface area contributed by atoms with E-state index in [1.165, 1.54) is 0 Å². The van der Waals surface area contributed by atoms with Crippen LogP contribution in [0.25, 0.3) is 0 Å². The SMILES string of the molecule is CC(C)CCCNC(=O)[C@@H](CCCNC(C=O)N1CCN(CC(=O)O)CCN(CC(=O)O)CCN(CC(=O)O)CC1)NC(=O)CCCc1ccc(I)cc1. The zero-order chi connectivity index (χ0) is 39.9. The van der Waals surface area contributed by atoms with Gasteiger partial charge in [-0.05, 0) is 91.3 Å². The molecule has 54 heavy (non-hydrogen) atoms. The van der Waals surface area contributed by atoms with Crippen molar-refractivity contribution in [3.05, 3.63) is 33.4 Å². The molecule has 0 bridgehead atoms. The molecule has 2 rings (SSSR count). The molecule has 0 aliphatic carbocycles. The van der Waals surface area contributed by atoms with Gasteiger partial charge in [0.1, 0.15) is 12.2 Å². The second kappa shape index (κ2) is 26.6. The van der Waals surface area contributed by atoms with Crippen LogP contribution in [-0.4, -0.2) is 168 Å². The molecular weight excluding hydrogens is 813 g/mol. The number of carbonyl (C=O) groups excluding carboxylic acids is 3. The van der Waals surface area contributed by atoms with Gasteiger partial charge in [-0.2, -0.15) is 0 Å². The number of carbonyl (C=O) groups is 6. The lowest BCUT2D eigenvalue weighted by atomic mass is 10.1. The summed E-state index contributed by atoms with van der Waals surface area (Å²) in [4.78, 5) is 80.2. The van der Waals surface area contributed by atoms with Crippen molar-refractivity contribution in [1.82, 2.24) is 35.6 Å². The van der Waals surface area contributed by atoms with Crippen LogP contribution >= 0.6 is 22.6 Å². The predicted molar refractivity (Wildman–Crippen MR) is 212 cm³/mol. The Hall–Kier alpha value is -3.23. The lowest BCUT2D eigenvalue weighted by Crippen LogP contribution is -2.54. The molecule has 1 aromatic carbocycles. The van der Waals surface area contributed by atoms with Gasteiger partial charge in [0.2, 0.25) is 11.8 Å². The molecule has 304 valence electrons. The van der Waals surface area contributed by atoms with Crippen molar-refractivity contribution in [2.24, 2.45) is 5.92 Å². The first-order chi connectivity index (χ1) is 25.7. The summed E-state index contributed by atoms with van der Waals surface area (Å²) >= 11 is 2.25. The van der Waals surface area contributed by atoms with E-state index in [4.69, 9.17) is 0 Å². The first kappa shape index (κ1) is 46.9. The van der Waals surface area contributed by atoms with Crippen LogP contribution in [0, 0.1) is 9.49 Å². The van der Waals surface area contributed by atoms with Crippen LogP contribution in [0.15, 0.2) is 24.3 Å². The number of benzene rings is 1. The minimum atomic E-state index is -1.03. The molecule has 1 unspecified atom stereocenters. The molecule has 0 spiro atoms. The van der Waals surface area contributed by atoms with Gasteiger partial charge < -0.3 is 30.7 Å². The average molecular weight is 874 g/mol. The molecule has 1 saturated heterocycles. The normalized spacial score (nSPS) is 16.8. The van der Waals surface area contributed by atoms with E-state index in [9.17, 15) is 44.1 Å². The number of aryl methyl sites for hydroxylation is 1. The van der Waals surface area contributed by atoms with Crippen LogP contribution in [-0.2, 0) is 35.2 Å². The summed E-state index contributed by atoms with van der Waals surface area (Å²) in [5, 5.41) is 37.5. The van der Waals surface area contributed by atoms with Gasteiger partial charge in [-0.3, -0.25) is 48.9 Å². The highest BCUT2D eigenvalue weighted by Crippen LogP contribution is 2.11. The van der Waals surface area contributed by atoms with E-state index in [0.717, 1.165) is 34.7 Å². The van der Waals surface area contributed by atoms with Crippen LogP contribution in [0.1, 0.15) is 57.9 Å². The number of hydrogen-bond acceptors (Lipinski definition) is 11. The summed E-state index contributed by atoms with van der Waals surface area (Å²) in [6.45, 7) is 6.46. The Balaban J connectivity index is 2.07. The molecule has 1 fully saturated rings. The molecule has 2 amide bonds. The van der Waals surface area contributed by atoms with Crippen LogP contribution in [0.2, 0.25) is 0 Å². The highest BCUT2D eigenvalue weighted by atomic mass is 127. The fraction of sp³-hybridized carbons (Fsp3) is 0.676. The molecule has 0 radical (unpaired) electrons. The topological polar surface area (TPSA) is 212 Å². The van der Waals surface area contributed by atoms with Crippen LogP contribution < -0.4 is 16.0 Å². The van der Waals surface area contributed by atoms with E-state index in [-0.39, 0.29) is 90.2 Å². The van der Waals surface area contributed by atoms with Crippen LogP contribution in [0.4, 0.5) is 0 Å². The third-order valence-corrected chi connectivity index (χ3v) is 9.90. The van der Waals surface area contributed by atoms with E-state index in [0.29, 0.717) is 38.3 Å². The molecule has 6 N–H and O–H groups in total. The third-order valence-electron chi connectivity index (χ3n) is 9.19. The second-order valence-electron chi connectivity index (χ2n) is 14.2. The summed E-state index contributed by atoms with van der Waals surface area (Å²) < 4.78 is 1.14. The molecule has 1 heterocycles. The molecule has 1 aliphatic rings. The van der Waals surface area contributed by atoms with Gasteiger partial charge >= 0.3 is 17.9 Å². The van der Waals surface area contributed by atoms with Crippen molar-refractivity contribution in [2.45, 2.75) is 71.0 Å². The van der Waals surface area contributed by atoms with Gasteiger partial charge in [0.05, 0.1) is 19.6 Å². The Kier molecular flexibility index (Phi) is 23.1. The predicted octanol–water partition coefficient (Wildman–Crippen LogP) is 1.02. The van der Waals surface area contributed by atoms with Gasteiger partial charge in [0.15, 0.2) is 6.29 Å². The second-order valence-corrected chi connectivity index (χ2v) is 15.4. The number of carboxylic acid groups (broad SMARTS) is 3. The van der Waals surface area contributed by atoms with E-state index < -0.39 is 30.1 Å². The fourth-order valence-corrected chi connectivity index (χ4v) is 6.54. The van der Waals surface area contributed by atoms with Gasteiger partial charge in [-0.15, -0.1) is 0 Å². The van der Waals surface area contributed by atoms with E-state index in [1.54, 1.807) is 14.7 Å². The lowest BCUT2D eigenvalue weighted by Gasteiger charge is -2.35. The quantitative estimate of drug-likeness (QED) is 0.0516. The summed E-state index contributed by atoms with van der Waals surface area (Å²) in [6, 6.07) is 7.39. The van der Waals surface area contributed by atoms with Crippen molar-refractivity contribution in [2.75, 3.05) is 85.1 Å². The lowest BCUT2D eigenvalue weighted by molar-refractivity contribution is -0.140. The number of rotatable bonds is 23. The van der Waals surface area contributed by atoms with E-state index >= 15 is 0 Å². The summed E-state index contributed by atoms with van der Waals surface area (Å²) in [5.41, 5.74) is 1.14. The standard InChI is InChI=1S/C37H60IN7O9/c1-28(2)6-4-15-40-37(54)31(41-33(47)9-3-7-29-10-12-30(38)13-11-29)8-5-14-39-32(27-46)45-22-20-43(25-35(50)51)18-16-42(24-34(48)49)17-19-44(21-23-45)26-36(52)53/h10-13,27-28,31-32,39H,3-9,14-26H2,1-2H3,(H,40,54)(H,41,47)(H,48,49)(H,50,51)(H,52,53)/t31-,32?/m1/s1. The van der Waals surface area contributed by atoms with Crippen molar-refractivity contribution in [3.63, 3.8) is 0 Å². The summed E-state index contributed by atoms with van der Waals surface area (Å²) in [7, 11) is 0. The number of halogens is 1. The molecule has 16 nitrogen and oxygen atoms in total. The highest BCUT2D eigenvalue weighted by Gasteiger charge is 2.25. The molecule has 17 heteroatoms. The minimum absolute atomic E-state index is 0.205. The number of carboxylic acids is 3. The van der Waals surface area contributed by atoms with Gasteiger partial charge in [-0.25, -0.2) is 0 Å². The van der Waals surface area contributed by atoms with Crippen LogP contribution in [0.3, 0.4) is 0 Å². The maximum atomic E-state index is 13.2. The molecular formula is C37H60IN7O9. The molecule has 2 atom stereocenters. The molecule has 1 aromatic rings. The van der Waals surface area contributed by atoms with Crippen molar-refractivity contribution in [3.8, 4) is 0 Å².